The number of nitrogens with one attached hydrogen (secondary N) is 2. The molecule has 0 fully saturated rings. The summed E-state index contributed by atoms with van der Waals surface area (Å²) in [5.74, 6) is -1.42. The van der Waals surface area contributed by atoms with Crippen molar-refractivity contribution in [2.24, 2.45) is 0 Å². The molecule has 168 valence electrons. The molecule has 0 bridgehead atoms. The molecule has 1 aliphatic rings. The molecule has 0 spiro atoms. The van der Waals surface area contributed by atoms with E-state index >= 15 is 0 Å². The Hall–Kier alpha value is -3.30. The van der Waals surface area contributed by atoms with Crippen molar-refractivity contribution in [1.29, 1.82) is 0 Å². The quantitative estimate of drug-likeness (QED) is 0.375. The van der Waals surface area contributed by atoms with Crippen LogP contribution in [0.15, 0.2) is 59.8 Å². The van der Waals surface area contributed by atoms with E-state index in [1.165, 1.54) is 25.3 Å². The number of carbonyl (C=O) groups is 2. The van der Waals surface area contributed by atoms with Crippen LogP contribution in [0.25, 0.3) is 0 Å². The van der Waals surface area contributed by atoms with Crippen LogP contribution < -0.4 is 10.6 Å². The van der Waals surface area contributed by atoms with Gasteiger partial charge in [0.1, 0.15) is 12.4 Å². The van der Waals surface area contributed by atoms with Gasteiger partial charge in [-0.15, -0.1) is 0 Å². The third kappa shape index (κ3) is 5.30. The molecule has 7 nitrogen and oxygen atoms in total. The number of esters is 1. The summed E-state index contributed by atoms with van der Waals surface area (Å²) >= 11 is 5.41. The Morgan fingerprint density at radius 1 is 1.19 bits per heavy atom. The lowest BCUT2D eigenvalue weighted by Crippen LogP contribution is -2.46. The van der Waals surface area contributed by atoms with Crippen molar-refractivity contribution in [2.45, 2.75) is 13.0 Å². The highest BCUT2D eigenvalue weighted by molar-refractivity contribution is 7.80. The fourth-order valence-electron chi connectivity index (χ4n) is 3.27. The number of rotatable bonds is 7. The van der Waals surface area contributed by atoms with E-state index < -0.39 is 23.7 Å². The van der Waals surface area contributed by atoms with Crippen molar-refractivity contribution in [1.82, 2.24) is 10.2 Å². The van der Waals surface area contributed by atoms with Gasteiger partial charge in [-0.2, -0.15) is 0 Å². The zero-order chi connectivity index (χ0) is 23.3. The SMILES string of the molecule is COCCOC(=O)C1=C(C)N(C)C(=S)N[C@@H]1c1cccc(NC(=O)c2cccc(F)c2)c1. The van der Waals surface area contributed by atoms with Crippen molar-refractivity contribution >= 4 is 34.9 Å². The summed E-state index contributed by atoms with van der Waals surface area (Å²) < 4.78 is 23.8. The second kappa shape index (κ2) is 10.3. The molecule has 0 aromatic heterocycles. The zero-order valence-electron chi connectivity index (χ0n) is 18.0. The van der Waals surface area contributed by atoms with Crippen molar-refractivity contribution in [3.05, 3.63) is 76.7 Å². The van der Waals surface area contributed by atoms with E-state index in [2.05, 4.69) is 10.6 Å². The first-order valence-corrected chi connectivity index (χ1v) is 10.3. The van der Waals surface area contributed by atoms with Gasteiger partial charge in [0.05, 0.1) is 18.2 Å². The van der Waals surface area contributed by atoms with Gasteiger partial charge in [-0.3, -0.25) is 4.79 Å². The standard InChI is InChI=1S/C23H24FN3O4S/c1-14-19(22(29)31-11-10-30-3)20(26-23(32)27(14)2)15-6-5-9-18(13-15)25-21(28)16-7-4-8-17(24)12-16/h4-9,12-13,20H,10-11H2,1-3H3,(H,25,28)(H,26,32)/t20-/m1/s1. The van der Waals surface area contributed by atoms with Crippen LogP contribution in [-0.4, -0.2) is 49.3 Å². The number of halogens is 1. The van der Waals surface area contributed by atoms with Crippen molar-refractivity contribution in [3.8, 4) is 0 Å². The van der Waals surface area contributed by atoms with Gasteiger partial charge < -0.3 is 25.0 Å². The van der Waals surface area contributed by atoms with Gasteiger partial charge in [-0.25, -0.2) is 9.18 Å². The highest BCUT2D eigenvalue weighted by atomic mass is 32.1. The van der Waals surface area contributed by atoms with E-state index in [9.17, 15) is 14.0 Å². The molecule has 0 aliphatic carbocycles. The number of anilines is 1. The first-order chi connectivity index (χ1) is 15.3. The first kappa shape index (κ1) is 23.4. The maximum absolute atomic E-state index is 13.4. The van der Waals surface area contributed by atoms with E-state index in [1.807, 2.05) is 6.07 Å². The lowest BCUT2D eigenvalue weighted by molar-refractivity contribution is -0.140. The molecule has 2 N–H and O–H groups in total. The number of amides is 1. The van der Waals surface area contributed by atoms with Crippen LogP contribution in [0.1, 0.15) is 28.9 Å². The molecule has 2 aromatic carbocycles. The molecule has 32 heavy (non-hydrogen) atoms. The van der Waals surface area contributed by atoms with Gasteiger partial charge in [0.15, 0.2) is 5.11 Å². The van der Waals surface area contributed by atoms with Crippen LogP contribution in [0.5, 0.6) is 0 Å². The van der Waals surface area contributed by atoms with Crippen LogP contribution >= 0.6 is 12.2 Å². The maximum atomic E-state index is 13.4. The molecule has 1 atom stereocenters. The van der Waals surface area contributed by atoms with Crippen LogP contribution in [0.2, 0.25) is 0 Å². The molecule has 0 unspecified atom stereocenters. The molecular formula is C23H24FN3O4S. The van der Waals surface area contributed by atoms with Crippen LogP contribution in [0.4, 0.5) is 10.1 Å². The Morgan fingerprint density at radius 3 is 2.66 bits per heavy atom. The fourth-order valence-corrected chi connectivity index (χ4v) is 3.53. The number of methoxy groups -OCH3 is 1. The summed E-state index contributed by atoms with van der Waals surface area (Å²) in [5, 5.41) is 6.37. The summed E-state index contributed by atoms with van der Waals surface area (Å²) in [6.45, 7) is 2.20. The molecule has 9 heteroatoms. The number of allylic oxidation sites excluding steroid dienone is 1. The van der Waals surface area contributed by atoms with Crippen LogP contribution in [0, 0.1) is 5.82 Å². The van der Waals surface area contributed by atoms with Gasteiger partial charge in [-0.1, -0.05) is 18.2 Å². The third-order valence-electron chi connectivity index (χ3n) is 5.06. The van der Waals surface area contributed by atoms with Crippen LogP contribution in [-0.2, 0) is 14.3 Å². The monoisotopic (exact) mass is 457 g/mol. The lowest BCUT2D eigenvalue weighted by atomic mass is 9.95. The molecule has 1 aliphatic heterocycles. The normalized spacial score (nSPS) is 15.9. The Bertz CT molecular complexity index is 1070. The summed E-state index contributed by atoms with van der Waals surface area (Å²) in [6, 6.07) is 11.9. The van der Waals surface area contributed by atoms with Crippen molar-refractivity contribution in [3.63, 3.8) is 0 Å². The van der Waals surface area contributed by atoms with E-state index in [-0.39, 0.29) is 18.8 Å². The second-order valence-electron chi connectivity index (χ2n) is 7.16. The minimum Gasteiger partial charge on any atom is -0.460 e. The molecule has 3 rings (SSSR count). The van der Waals surface area contributed by atoms with Gasteiger partial charge >= 0.3 is 5.97 Å². The Morgan fingerprint density at radius 2 is 1.94 bits per heavy atom. The number of benzene rings is 2. The van der Waals surface area contributed by atoms with E-state index in [4.69, 9.17) is 21.7 Å². The molecule has 1 amide bonds. The molecular weight excluding hydrogens is 433 g/mol. The second-order valence-corrected chi connectivity index (χ2v) is 7.55. The number of nitrogens with zero attached hydrogens (tertiary/aromatic N) is 1. The average Bonchev–Trinajstić information content (AvgIpc) is 2.77. The predicted octanol–water partition coefficient (Wildman–Crippen LogP) is 3.40. The number of ether oxygens (including phenoxy) is 2. The highest BCUT2D eigenvalue weighted by Crippen LogP contribution is 2.32. The minimum atomic E-state index is -0.570. The third-order valence-corrected chi connectivity index (χ3v) is 5.45. The minimum absolute atomic E-state index is 0.122. The van der Waals surface area contributed by atoms with Gasteiger partial charge in [-0.05, 0) is 55.0 Å². The Labute approximate surface area is 191 Å². The number of thiocarbonyl (C=S) groups is 1. The Balaban J connectivity index is 1.88. The number of hydrogen-bond donors (Lipinski definition) is 2. The summed E-state index contributed by atoms with van der Waals surface area (Å²) in [7, 11) is 3.29. The molecule has 0 saturated heterocycles. The number of hydrogen-bond acceptors (Lipinski definition) is 5. The average molecular weight is 458 g/mol. The van der Waals surface area contributed by atoms with E-state index in [0.717, 1.165) is 6.07 Å². The van der Waals surface area contributed by atoms with E-state index in [1.54, 1.807) is 37.1 Å². The highest BCUT2D eigenvalue weighted by Gasteiger charge is 2.33. The zero-order valence-corrected chi connectivity index (χ0v) is 18.8. The van der Waals surface area contributed by atoms with E-state index in [0.29, 0.717) is 27.6 Å². The van der Waals surface area contributed by atoms with Crippen molar-refractivity contribution < 1.29 is 23.5 Å². The Kier molecular flexibility index (Phi) is 7.55. The summed E-state index contributed by atoms with van der Waals surface area (Å²) in [5.41, 5.74) is 2.47. The molecule has 0 radical (unpaired) electrons. The molecule has 1 heterocycles. The largest absolute Gasteiger partial charge is 0.460 e. The fraction of sp³-hybridized carbons (Fsp3) is 0.261. The lowest BCUT2D eigenvalue weighted by Gasteiger charge is -2.35. The van der Waals surface area contributed by atoms with Gasteiger partial charge in [0.25, 0.3) is 5.91 Å². The summed E-state index contributed by atoms with van der Waals surface area (Å²) in [6.07, 6.45) is 0. The van der Waals surface area contributed by atoms with Gasteiger partial charge in [0.2, 0.25) is 0 Å². The van der Waals surface area contributed by atoms with Crippen LogP contribution in [0.3, 0.4) is 0 Å². The first-order valence-electron chi connectivity index (χ1n) is 9.89. The number of carbonyl (C=O) groups excluding carboxylic acids is 2. The summed E-state index contributed by atoms with van der Waals surface area (Å²) in [4.78, 5) is 27.1. The smallest absolute Gasteiger partial charge is 0.338 e. The van der Waals surface area contributed by atoms with Crippen molar-refractivity contribution in [2.75, 3.05) is 32.7 Å². The maximum Gasteiger partial charge on any atom is 0.338 e. The predicted molar refractivity (Wildman–Crippen MR) is 123 cm³/mol. The molecule has 2 aromatic rings. The molecule has 0 saturated carbocycles. The van der Waals surface area contributed by atoms with Gasteiger partial charge in [0, 0.05) is 31.1 Å². The topological polar surface area (TPSA) is 79.9 Å².